The van der Waals surface area contributed by atoms with Crippen LogP contribution in [-0.4, -0.2) is 30.3 Å². The van der Waals surface area contributed by atoms with Gasteiger partial charge in [-0.25, -0.2) is 8.78 Å². The molecule has 0 spiro atoms. The molecule has 2 aromatic rings. The van der Waals surface area contributed by atoms with Crippen molar-refractivity contribution in [3.05, 3.63) is 46.8 Å². The molecule has 1 aromatic heterocycles. The van der Waals surface area contributed by atoms with Gasteiger partial charge >= 0.3 is 0 Å². The maximum absolute atomic E-state index is 15.2. The monoisotopic (exact) mass is 357 g/mol. The number of pyridine rings is 1. The molecule has 0 N–H and O–H groups in total. The Morgan fingerprint density at radius 3 is 2.23 bits per heavy atom. The minimum Gasteiger partial charge on any atom is -0.372 e. The summed E-state index contributed by atoms with van der Waals surface area (Å²) in [6.45, 7) is 8.22. The van der Waals surface area contributed by atoms with Crippen molar-refractivity contribution in [3.8, 4) is 17.2 Å². The number of benzene rings is 1. The Balaban J connectivity index is 2.15. The van der Waals surface area contributed by atoms with Gasteiger partial charge in [-0.1, -0.05) is 0 Å². The van der Waals surface area contributed by atoms with E-state index in [-0.39, 0.29) is 29.0 Å². The van der Waals surface area contributed by atoms with Crippen molar-refractivity contribution in [2.45, 2.75) is 39.9 Å². The normalized spacial score (nSPS) is 20.1. The van der Waals surface area contributed by atoms with Crippen LogP contribution in [0.2, 0.25) is 0 Å². The Morgan fingerprint density at radius 1 is 1.12 bits per heavy atom. The first-order valence-electron chi connectivity index (χ1n) is 8.58. The molecular formula is C20H21F2N3O. The molecule has 1 aliphatic rings. The number of ether oxygens (including phenoxy) is 1. The third-order valence-corrected chi connectivity index (χ3v) is 4.44. The molecule has 136 valence electrons. The van der Waals surface area contributed by atoms with Crippen molar-refractivity contribution >= 4 is 5.69 Å². The van der Waals surface area contributed by atoms with E-state index >= 15 is 4.39 Å². The van der Waals surface area contributed by atoms with Gasteiger partial charge in [0.05, 0.1) is 17.9 Å². The second-order valence-corrected chi connectivity index (χ2v) is 6.85. The molecule has 0 amide bonds. The molecule has 1 aliphatic heterocycles. The summed E-state index contributed by atoms with van der Waals surface area (Å²) in [7, 11) is 0. The lowest BCUT2D eigenvalue weighted by molar-refractivity contribution is -0.00541. The standard InChI is InChI=1S/C20H21F2N3O/c1-11-5-15(6-12(2)24-11)19-16(8-23)20(22)18(7-17(19)21)25-9-13(3)26-14(4)10-25/h5-7,13-14H,9-10H2,1-4H3/t13-,14+. The number of morpholine rings is 1. The molecule has 0 radical (unpaired) electrons. The van der Waals surface area contributed by atoms with Gasteiger partial charge in [-0.2, -0.15) is 5.26 Å². The number of nitriles is 1. The fourth-order valence-corrected chi connectivity index (χ4v) is 3.58. The number of halogens is 2. The molecule has 3 rings (SSSR count). The highest BCUT2D eigenvalue weighted by molar-refractivity contribution is 5.75. The number of anilines is 1. The Hall–Kier alpha value is -2.52. The maximum atomic E-state index is 15.2. The van der Waals surface area contributed by atoms with Crippen LogP contribution in [0.3, 0.4) is 0 Å². The smallest absolute Gasteiger partial charge is 0.165 e. The summed E-state index contributed by atoms with van der Waals surface area (Å²) < 4.78 is 35.8. The summed E-state index contributed by atoms with van der Waals surface area (Å²) in [4.78, 5) is 5.99. The molecule has 0 unspecified atom stereocenters. The van der Waals surface area contributed by atoms with E-state index in [4.69, 9.17) is 4.74 Å². The Kier molecular flexibility index (Phi) is 4.92. The summed E-state index contributed by atoms with van der Waals surface area (Å²) in [6, 6.07) is 6.35. The van der Waals surface area contributed by atoms with Crippen LogP contribution in [0.4, 0.5) is 14.5 Å². The molecule has 1 aromatic carbocycles. The highest BCUT2D eigenvalue weighted by Crippen LogP contribution is 2.35. The first kappa shape index (κ1) is 18.3. The van der Waals surface area contributed by atoms with Crippen LogP contribution in [0.5, 0.6) is 0 Å². The van der Waals surface area contributed by atoms with Crippen LogP contribution < -0.4 is 4.90 Å². The molecule has 1 saturated heterocycles. The minimum atomic E-state index is -0.697. The van der Waals surface area contributed by atoms with E-state index < -0.39 is 11.6 Å². The topological polar surface area (TPSA) is 49.1 Å². The van der Waals surface area contributed by atoms with Crippen LogP contribution in [0, 0.1) is 36.8 Å². The summed E-state index contributed by atoms with van der Waals surface area (Å²) in [5.41, 5.74) is 1.63. The van der Waals surface area contributed by atoms with Gasteiger partial charge in [0.1, 0.15) is 17.4 Å². The Bertz CT molecular complexity index is 861. The SMILES string of the molecule is Cc1cc(-c2c(F)cc(N3C[C@@H](C)O[C@@H](C)C3)c(F)c2C#N)cc(C)n1. The average molecular weight is 357 g/mol. The predicted molar refractivity (Wildman–Crippen MR) is 96.0 cm³/mol. The molecule has 26 heavy (non-hydrogen) atoms. The lowest BCUT2D eigenvalue weighted by Crippen LogP contribution is -2.46. The van der Waals surface area contributed by atoms with Crippen molar-refractivity contribution in [1.29, 1.82) is 5.26 Å². The van der Waals surface area contributed by atoms with E-state index in [1.54, 1.807) is 30.9 Å². The van der Waals surface area contributed by atoms with Gasteiger partial charge in [0, 0.05) is 36.1 Å². The van der Waals surface area contributed by atoms with Gasteiger partial charge in [0.25, 0.3) is 0 Å². The van der Waals surface area contributed by atoms with Crippen LogP contribution in [-0.2, 0) is 4.74 Å². The summed E-state index contributed by atoms with van der Waals surface area (Å²) >= 11 is 0. The highest BCUT2D eigenvalue weighted by atomic mass is 19.1. The lowest BCUT2D eigenvalue weighted by atomic mass is 9.97. The zero-order valence-electron chi connectivity index (χ0n) is 15.3. The molecule has 0 saturated carbocycles. The van der Waals surface area contributed by atoms with E-state index in [9.17, 15) is 9.65 Å². The van der Waals surface area contributed by atoms with Gasteiger partial charge in [-0.15, -0.1) is 0 Å². The van der Waals surface area contributed by atoms with Crippen LogP contribution in [0.15, 0.2) is 18.2 Å². The van der Waals surface area contributed by atoms with Gasteiger partial charge < -0.3 is 9.64 Å². The third-order valence-electron chi connectivity index (χ3n) is 4.44. The minimum absolute atomic E-state index is 0.0169. The molecule has 6 heteroatoms. The highest BCUT2D eigenvalue weighted by Gasteiger charge is 2.28. The number of rotatable bonds is 2. The van der Waals surface area contributed by atoms with Crippen LogP contribution >= 0.6 is 0 Å². The van der Waals surface area contributed by atoms with Crippen molar-refractivity contribution in [1.82, 2.24) is 4.98 Å². The number of aromatic nitrogens is 1. The van der Waals surface area contributed by atoms with Gasteiger partial charge in [0.15, 0.2) is 5.82 Å². The molecule has 2 atom stereocenters. The summed E-state index contributed by atoms with van der Waals surface area (Å²) in [5.74, 6) is -1.31. The van der Waals surface area contributed by atoms with Gasteiger partial charge in [-0.3, -0.25) is 4.98 Å². The van der Waals surface area contributed by atoms with E-state index in [0.717, 1.165) is 0 Å². The number of hydrogen-bond donors (Lipinski definition) is 0. The van der Waals surface area contributed by atoms with Crippen molar-refractivity contribution in [3.63, 3.8) is 0 Å². The molecular weight excluding hydrogens is 336 g/mol. The first-order chi connectivity index (χ1) is 12.3. The number of hydrogen-bond acceptors (Lipinski definition) is 4. The van der Waals surface area contributed by atoms with Crippen molar-refractivity contribution < 1.29 is 13.5 Å². The van der Waals surface area contributed by atoms with E-state index in [0.29, 0.717) is 30.0 Å². The molecule has 4 nitrogen and oxygen atoms in total. The molecule has 1 fully saturated rings. The number of aryl methyl sites for hydroxylation is 2. The van der Waals surface area contributed by atoms with Crippen molar-refractivity contribution in [2.75, 3.05) is 18.0 Å². The Morgan fingerprint density at radius 2 is 1.69 bits per heavy atom. The lowest BCUT2D eigenvalue weighted by Gasteiger charge is -2.37. The quantitative estimate of drug-likeness (QED) is 0.811. The van der Waals surface area contributed by atoms with Gasteiger partial charge in [0.2, 0.25) is 0 Å². The largest absolute Gasteiger partial charge is 0.372 e. The first-order valence-corrected chi connectivity index (χ1v) is 8.58. The third kappa shape index (κ3) is 3.40. The Labute approximate surface area is 152 Å². The molecule has 0 bridgehead atoms. The fraction of sp³-hybridized carbons (Fsp3) is 0.400. The van der Waals surface area contributed by atoms with Crippen LogP contribution in [0.25, 0.3) is 11.1 Å². The average Bonchev–Trinajstić information content (AvgIpc) is 2.54. The van der Waals surface area contributed by atoms with E-state index in [2.05, 4.69) is 4.98 Å². The summed E-state index contributed by atoms with van der Waals surface area (Å²) in [6.07, 6.45) is -0.200. The maximum Gasteiger partial charge on any atom is 0.165 e. The second-order valence-electron chi connectivity index (χ2n) is 6.85. The van der Waals surface area contributed by atoms with Crippen LogP contribution in [0.1, 0.15) is 30.8 Å². The predicted octanol–water partition coefficient (Wildman–Crippen LogP) is 4.13. The van der Waals surface area contributed by atoms with E-state index in [1.807, 2.05) is 19.9 Å². The number of nitrogens with zero attached hydrogens (tertiary/aromatic N) is 3. The van der Waals surface area contributed by atoms with Gasteiger partial charge in [-0.05, 0) is 45.4 Å². The fourth-order valence-electron chi connectivity index (χ4n) is 3.58. The molecule has 0 aliphatic carbocycles. The zero-order chi connectivity index (χ0) is 19.0. The summed E-state index contributed by atoms with van der Waals surface area (Å²) in [5, 5.41) is 9.53. The molecule has 2 heterocycles. The zero-order valence-corrected chi connectivity index (χ0v) is 15.3. The van der Waals surface area contributed by atoms with E-state index in [1.165, 1.54) is 6.07 Å². The van der Waals surface area contributed by atoms with Crippen molar-refractivity contribution in [2.24, 2.45) is 0 Å². The second kappa shape index (κ2) is 7.00.